The number of aromatic nitrogens is 3. The minimum absolute atomic E-state index is 0.0307. The molecule has 0 atom stereocenters. The number of fused-ring (bicyclic) bond motifs is 1. The summed E-state index contributed by atoms with van der Waals surface area (Å²) >= 11 is 0. The molecular formula is C11H11N3O4S. The summed E-state index contributed by atoms with van der Waals surface area (Å²) in [6.07, 6.45) is 2.26. The summed E-state index contributed by atoms with van der Waals surface area (Å²) in [6.45, 7) is 2.88. The molecule has 0 bridgehead atoms. The molecule has 0 aromatic carbocycles. The highest BCUT2D eigenvalue weighted by atomic mass is 32.2. The van der Waals surface area contributed by atoms with Crippen LogP contribution in [0.3, 0.4) is 0 Å². The molecule has 0 radical (unpaired) electrons. The zero-order valence-corrected chi connectivity index (χ0v) is 11.3. The van der Waals surface area contributed by atoms with E-state index in [0.29, 0.717) is 10.9 Å². The van der Waals surface area contributed by atoms with E-state index in [9.17, 15) is 18.0 Å². The monoisotopic (exact) mass is 281 g/mol. The third-order valence-electron chi connectivity index (χ3n) is 2.69. The summed E-state index contributed by atoms with van der Waals surface area (Å²) in [4.78, 5) is 33.1. The average Bonchev–Trinajstić information content (AvgIpc) is 2.26. The molecule has 0 saturated carbocycles. The fourth-order valence-corrected chi connectivity index (χ4v) is 2.31. The molecule has 0 fully saturated rings. The van der Waals surface area contributed by atoms with E-state index in [1.54, 1.807) is 6.92 Å². The van der Waals surface area contributed by atoms with Crippen LogP contribution in [0.25, 0.3) is 11.0 Å². The number of hydrogen-bond acceptors (Lipinski definition) is 6. The molecule has 0 amide bonds. The number of rotatable bonds is 2. The first-order valence-corrected chi connectivity index (χ1v) is 7.21. The summed E-state index contributed by atoms with van der Waals surface area (Å²) in [5, 5.41) is 0.0721. The Kier molecular flexibility index (Phi) is 2.97. The number of aryl methyl sites for hydroxylation is 1. The molecule has 2 aromatic heterocycles. The van der Waals surface area contributed by atoms with Crippen molar-refractivity contribution in [3.63, 3.8) is 0 Å². The molecule has 1 N–H and O–H groups in total. The lowest BCUT2D eigenvalue weighted by Crippen LogP contribution is -2.19. The maximum atomic E-state index is 11.8. The second kappa shape index (κ2) is 4.23. The molecule has 2 rings (SSSR count). The van der Waals surface area contributed by atoms with Crippen molar-refractivity contribution < 1.29 is 13.2 Å². The number of pyridine rings is 1. The van der Waals surface area contributed by atoms with Gasteiger partial charge in [-0.05, 0) is 19.4 Å². The molecular weight excluding hydrogens is 270 g/mol. The molecule has 0 unspecified atom stereocenters. The highest BCUT2D eigenvalue weighted by Crippen LogP contribution is 2.16. The van der Waals surface area contributed by atoms with Crippen LogP contribution in [0, 0.1) is 6.92 Å². The number of hydrogen-bond donors (Lipinski definition) is 1. The van der Waals surface area contributed by atoms with Gasteiger partial charge in [0.25, 0.3) is 5.56 Å². The van der Waals surface area contributed by atoms with Gasteiger partial charge >= 0.3 is 0 Å². The molecule has 19 heavy (non-hydrogen) atoms. The molecule has 2 heterocycles. The van der Waals surface area contributed by atoms with Gasteiger partial charge in [0.2, 0.25) is 15.0 Å². The lowest BCUT2D eigenvalue weighted by molar-refractivity contribution is 0.101. The lowest BCUT2D eigenvalue weighted by Gasteiger charge is -2.06. The van der Waals surface area contributed by atoms with Gasteiger partial charge in [-0.1, -0.05) is 0 Å². The van der Waals surface area contributed by atoms with E-state index >= 15 is 0 Å². The standard InChI is InChI=1S/C11H11N3O4S/c1-5-7-4-12-11(19(3,17)18)14-9(7)13-10(16)8(5)6(2)15/h4H,1-3H3,(H,12,13,14,16). The number of H-pyrrole nitrogens is 1. The number of Topliss-reactive ketones (excluding diaryl/α,β-unsaturated/α-hetero) is 1. The van der Waals surface area contributed by atoms with E-state index < -0.39 is 15.4 Å². The minimum Gasteiger partial charge on any atom is -0.306 e. The van der Waals surface area contributed by atoms with E-state index in [2.05, 4.69) is 15.0 Å². The Labute approximate surface area is 108 Å². The maximum Gasteiger partial charge on any atom is 0.260 e. The summed E-state index contributed by atoms with van der Waals surface area (Å²) in [5.41, 5.74) is -0.0203. The third kappa shape index (κ3) is 2.26. The molecule has 8 heteroatoms. The fourth-order valence-electron chi connectivity index (χ4n) is 1.81. The highest BCUT2D eigenvalue weighted by molar-refractivity contribution is 7.90. The van der Waals surface area contributed by atoms with Crippen molar-refractivity contribution in [2.45, 2.75) is 19.0 Å². The molecule has 0 aliphatic heterocycles. The summed E-state index contributed by atoms with van der Waals surface area (Å²) in [6, 6.07) is 0. The molecule has 2 aromatic rings. The second-order valence-corrected chi connectivity index (χ2v) is 6.11. The summed E-state index contributed by atoms with van der Waals surface area (Å²) in [5.74, 6) is -0.368. The van der Waals surface area contributed by atoms with Crippen molar-refractivity contribution in [2.24, 2.45) is 0 Å². The van der Waals surface area contributed by atoms with Crippen molar-refractivity contribution in [3.05, 3.63) is 27.7 Å². The van der Waals surface area contributed by atoms with Crippen LogP contribution in [-0.4, -0.2) is 35.4 Å². The topological polar surface area (TPSA) is 110 Å². The van der Waals surface area contributed by atoms with Crippen LogP contribution in [0.4, 0.5) is 0 Å². The van der Waals surface area contributed by atoms with Crippen molar-refractivity contribution >= 4 is 26.7 Å². The van der Waals surface area contributed by atoms with Crippen molar-refractivity contribution in [3.8, 4) is 0 Å². The number of sulfone groups is 1. The number of nitrogens with one attached hydrogen (secondary N) is 1. The van der Waals surface area contributed by atoms with Crippen LogP contribution < -0.4 is 5.56 Å². The van der Waals surface area contributed by atoms with Gasteiger partial charge in [-0.15, -0.1) is 0 Å². The first kappa shape index (κ1) is 13.3. The smallest absolute Gasteiger partial charge is 0.260 e. The van der Waals surface area contributed by atoms with Crippen LogP contribution >= 0.6 is 0 Å². The molecule has 0 spiro atoms. The Morgan fingerprint density at radius 1 is 1.37 bits per heavy atom. The highest BCUT2D eigenvalue weighted by Gasteiger charge is 2.17. The van der Waals surface area contributed by atoms with Gasteiger partial charge in [0.1, 0.15) is 5.65 Å². The van der Waals surface area contributed by atoms with Gasteiger partial charge in [0, 0.05) is 17.8 Å². The first-order chi connectivity index (χ1) is 8.71. The van der Waals surface area contributed by atoms with Crippen molar-refractivity contribution in [1.82, 2.24) is 15.0 Å². The third-order valence-corrected chi connectivity index (χ3v) is 3.55. The molecule has 100 valence electrons. The molecule has 0 saturated heterocycles. The SMILES string of the molecule is CC(=O)c1c(C)c2cnc(S(C)(=O)=O)nc2[nH]c1=O. The van der Waals surface area contributed by atoms with Gasteiger partial charge in [-0.3, -0.25) is 9.59 Å². The van der Waals surface area contributed by atoms with Crippen LogP contribution in [0.15, 0.2) is 16.1 Å². The van der Waals surface area contributed by atoms with Crippen molar-refractivity contribution in [1.29, 1.82) is 0 Å². The van der Waals surface area contributed by atoms with E-state index in [1.165, 1.54) is 13.1 Å². The van der Waals surface area contributed by atoms with Crippen LogP contribution in [0.2, 0.25) is 0 Å². The van der Waals surface area contributed by atoms with E-state index in [4.69, 9.17) is 0 Å². The first-order valence-electron chi connectivity index (χ1n) is 5.32. The quantitative estimate of drug-likeness (QED) is 0.623. The van der Waals surface area contributed by atoms with E-state index in [-0.39, 0.29) is 22.2 Å². The van der Waals surface area contributed by atoms with Crippen molar-refractivity contribution in [2.75, 3.05) is 6.26 Å². The molecule has 0 aliphatic carbocycles. The van der Waals surface area contributed by atoms with E-state index in [1.807, 2.05) is 0 Å². The minimum atomic E-state index is -3.56. The Balaban J connectivity index is 2.90. The summed E-state index contributed by atoms with van der Waals surface area (Å²) < 4.78 is 22.7. The number of aromatic amines is 1. The number of nitrogens with zero attached hydrogens (tertiary/aromatic N) is 2. The predicted octanol–water partition coefficient (Wildman–Crippen LogP) is 0.233. The Hall–Kier alpha value is -2.09. The van der Waals surface area contributed by atoms with Crippen LogP contribution in [-0.2, 0) is 9.84 Å². The maximum absolute atomic E-state index is 11.8. The summed E-state index contributed by atoms with van der Waals surface area (Å²) in [7, 11) is -3.56. The number of ketones is 1. The second-order valence-electron chi connectivity index (χ2n) is 4.20. The zero-order valence-electron chi connectivity index (χ0n) is 10.5. The lowest BCUT2D eigenvalue weighted by atomic mass is 10.1. The molecule has 0 aliphatic rings. The Bertz CT molecular complexity index is 852. The fraction of sp³-hybridized carbons (Fsp3) is 0.273. The van der Waals surface area contributed by atoms with Gasteiger partial charge in [0.15, 0.2) is 5.78 Å². The Morgan fingerprint density at radius 3 is 2.53 bits per heavy atom. The van der Waals surface area contributed by atoms with Crippen LogP contribution in [0.5, 0.6) is 0 Å². The Morgan fingerprint density at radius 2 is 2.00 bits per heavy atom. The van der Waals surface area contributed by atoms with Gasteiger partial charge < -0.3 is 4.98 Å². The van der Waals surface area contributed by atoms with Gasteiger partial charge in [-0.25, -0.2) is 18.4 Å². The number of carbonyl (C=O) groups excluding carboxylic acids is 1. The van der Waals surface area contributed by atoms with Gasteiger partial charge in [0.05, 0.1) is 5.56 Å². The van der Waals surface area contributed by atoms with Gasteiger partial charge in [-0.2, -0.15) is 0 Å². The largest absolute Gasteiger partial charge is 0.306 e. The van der Waals surface area contributed by atoms with E-state index in [0.717, 1.165) is 6.26 Å². The predicted molar refractivity (Wildman–Crippen MR) is 68.0 cm³/mol. The molecule has 7 nitrogen and oxygen atoms in total. The van der Waals surface area contributed by atoms with Crippen LogP contribution in [0.1, 0.15) is 22.8 Å². The average molecular weight is 281 g/mol. The number of carbonyl (C=O) groups is 1. The normalized spacial score (nSPS) is 11.7. The zero-order chi connectivity index (χ0) is 14.4.